The molecule has 0 radical (unpaired) electrons. The van der Waals surface area contributed by atoms with Crippen molar-refractivity contribution in [2.75, 3.05) is 6.61 Å². The van der Waals surface area contributed by atoms with Gasteiger partial charge >= 0.3 is 0 Å². The largest absolute Gasteiger partial charge is 0.492 e. The van der Waals surface area contributed by atoms with Gasteiger partial charge in [-0.25, -0.2) is 0 Å². The average molecular weight is 186 g/mol. The van der Waals surface area contributed by atoms with E-state index in [-0.39, 0.29) is 0 Å². The molecule has 1 aromatic rings. The molecule has 1 rings (SSSR count). The molecular formula is C9H12ClNO. The van der Waals surface area contributed by atoms with Gasteiger partial charge in [-0.15, -0.1) is 0 Å². The van der Waals surface area contributed by atoms with Gasteiger partial charge in [0.25, 0.3) is 0 Å². The van der Waals surface area contributed by atoms with Crippen molar-refractivity contribution in [1.82, 2.24) is 0 Å². The Balaban J connectivity index is 3.02. The maximum atomic E-state index is 5.91. The molecule has 66 valence electrons. The Labute approximate surface area is 77.3 Å². The van der Waals surface area contributed by atoms with Crippen LogP contribution in [-0.4, -0.2) is 6.61 Å². The molecule has 0 aliphatic rings. The standard InChI is InChI=1S/C9H12ClNO/c1-2-12-9-7(6-11)4-3-5-8(9)10/h3-5H,2,6,11H2,1H3. The van der Waals surface area contributed by atoms with E-state index in [0.29, 0.717) is 23.9 Å². The van der Waals surface area contributed by atoms with Crippen molar-refractivity contribution >= 4 is 11.6 Å². The fourth-order valence-corrected chi connectivity index (χ4v) is 1.27. The maximum absolute atomic E-state index is 5.91. The normalized spacial score (nSPS) is 9.92. The van der Waals surface area contributed by atoms with Crippen molar-refractivity contribution in [2.24, 2.45) is 5.73 Å². The summed E-state index contributed by atoms with van der Waals surface area (Å²) in [4.78, 5) is 0. The van der Waals surface area contributed by atoms with Crippen LogP contribution in [0.3, 0.4) is 0 Å². The Morgan fingerprint density at radius 1 is 1.50 bits per heavy atom. The molecule has 2 N–H and O–H groups in total. The quantitative estimate of drug-likeness (QED) is 0.784. The molecule has 2 nitrogen and oxygen atoms in total. The van der Waals surface area contributed by atoms with Crippen LogP contribution in [0, 0.1) is 0 Å². The smallest absolute Gasteiger partial charge is 0.142 e. The summed E-state index contributed by atoms with van der Waals surface area (Å²) in [5.74, 6) is 0.712. The van der Waals surface area contributed by atoms with Gasteiger partial charge in [-0.3, -0.25) is 0 Å². The van der Waals surface area contributed by atoms with Crippen molar-refractivity contribution in [1.29, 1.82) is 0 Å². The number of nitrogens with two attached hydrogens (primary N) is 1. The minimum absolute atomic E-state index is 0.454. The number of benzene rings is 1. The van der Waals surface area contributed by atoms with Crippen molar-refractivity contribution in [3.05, 3.63) is 28.8 Å². The van der Waals surface area contributed by atoms with Crippen LogP contribution in [0.15, 0.2) is 18.2 Å². The number of rotatable bonds is 3. The fourth-order valence-electron chi connectivity index (χ4n) is 1.02. The van der Waals surface area contributed by atoms with E-state index >= 15 is 0 Å². The second-order valence-corrected chi connectivity index (χ2v) is 2.77. The van der Waals surface area contributed by atoms with Crippen molar-refractivity contribution in [2.45, 2.75) is 13.5 Å². The second kappa shape index (κ2) is 4.33. The van der Waals surface area contributed by atoms with Crippen LogP contribution in [0.5, 0.6) is 5.75 Å². The van der Waals surface area contributed by atoms with Crippen molar-refractivity contribution in [3.63, 3.8) is 0 Å². The zero-order valence-electron chi connectivity index (χ0n) is 7.01. The van der Waals surface area contributed by atoms with Crippen LogP contribution in [0.4, 0.5) is 0 Å². The topological polar surface area (TPSA) is 35.2 Å². The zero-order chi connectivity index (χ0) is 8.97. The van der Waals surface area contributed by atoms with Gasteiger partial charge < -0.3 is 10.5 Å². The third-order valence-corrected chi connectivity index (χ3v) is 1.85. The summed E-state index contributed by atoms with van der Waals surface area (Å²) in [6, 6.07) is 5.58. The predicted molar refractivity (Wildman–Crippen MR) is 50.5 cm³/mol. The fraction of sp³-hybridized carbons (Fsp3) is 0.333. The Morgan fingerprint density at radius 2 is 2.25 bits per heavy atom. The molecule has 12 heavy (non-hydrogen) atoms. The summed E-state index contributed by atoms with van der Waals surface area (Å²) in [7, 11) is 0. The number of halogens is 1. The molecule has 0 saturated heterocycles. The van der Waals surface area contributed by atoms with E-state index in [1.54, 1.807) is 6.07 Å². The first-order valence-corrected chi connectivity index (χ1v) is 4.27. The van der Waals surface area contributed by atoms with Gasteiger partial charge in [0.2, 0.25) is 0 Å². The van der Waals surface area contributed by atoms with Gasteiger partial charge in [0, 0.05) is 12.1 Å². The first-order chi connectivity index (χ1) is 5.79. The molecule has 0 atom stereocenters. The van der Waals surface area contributed by atoms with E-state index in [9.17, 15) is 0 Å². The summed E-state index contributed by atoms with van der Waals surface area (Å²) >= 11 is 5.91. The van der Waals surface area contributed by atoms with E-state index in [2.05, 4.69) is 0 Å². The number of ether oxygens (including phenoxy) is 1. The van der Waals surface area contributed by atoms with E-state index in [1.807, 2.05) is 19.1 Å². The Morgan fingerprint density at radius 3 is 2.83 bits per heavy atom. The molecule has 0 saturated carbocycles. The van der Waals surface area contributed by atoms with Gasteiger partial charge in [0.15, 0.2) is 0 Å². The molecule has 1 aromatic carbocycles. The molecule has 0 heterocycles. The lowest BCUT2D eigenvalue weighted by molar-refractivity contribution is 0.337. The summed E-state index contributed by atoms with van der Waals surface area (Å²) in [6.45, 7) is 2.98. The van der Waals surface area contributed by atoms with Gasteiger partial charge in [-0.2, -0.15) is 0 Å². The molecule has 0 bridgehead atoms. The van der Waals surface area contributed by atoms with Crippen molar-refractivity contribution < 1.29 is 4.74 Å². The lowest BCUT2D eigenvalue weighted by atomic mass is 10.2. The SMILES string of the molecule is CCOc1c(Cl)cccc1CN. The van der Waals surface area contributed by atoms with Crippen LogP contribution in [0.1, 0.15) is 12.5 Å². The number of hydrogen-bond donors (Lipinski definition) is 1. The first kappa shape index (κ1) is 9.36. The Hall–Kier alpha value is -0.730. The molecular weight excluding hydrogens is 174 g/mol. The third-order valence-electron chi connectivity index (χ3n) is 1.56. The van der Waals surface area contributed by atoms with Crippen molar-refractivity contribution in [3.8, 4) is 5.75 Å². The summed E-state index contributed by atoms with van der Waals surface area (Å²) in [6.07, 6.45) is 0. The first-order valence-electron chi connectivity index (χ1n) is 3.89. The summed E-state index contributed by atoms with van der Waals surface area (Å²) in [5, 5.41) is 0.625. The maximum Gasteiger partial charge on any atom is 0.142 e. The predicted octanol–water partition coefficient (Wildman–Crippen LogP) is 2.20. The van der Waals surface area contributed by atoms with E-state index in [0.717, 1.165) is 5.56 Å². The highest BCUT2D eigenvalue weighted by Crippen LogP contribution is 2.27. The molecule has 0 aromatic heterocycles. The lowest BCUT2D eigenvalue weighted by Crippen LogP contribution is -2.02. The van der Waals surface area contributed by atoms with Crippen LogP contribution in [0.2, 0.25) is 5.02 Å². The zero-order valence-corrected chi connectivity index (χ0v) is 7.77. The lowest BCUT2D eigenvalue weighted by Gasteiger charge is -2.09. The molecule has 0 spiro atoms. The molecule has 0 fully saturated rings. The number of hydrogen-bond acceptors (Lipinski definition) is 2. The second-order valence-electron chi connectivity index (χ2n) is 2.37. The molecule has 0 unspecified atom stereocenters. The molecule has 0 amide bonds. The van der Waals surface area contributed by atoms with Gasteiger partial charge in [0.05, 0.1) is 11.6 Å². The van der Waals surface area contributed by atoms with Crippen LogP contribution in [0.25, 0.3) is 0 Å². The monoisotopic (exact) mass is 185 g/mol. The van der Waals surface area contributed by atoms with E-state index in [4.69, 9.17) is 22.1 Å². The van der Waals surface area contributed by atoms with Crippen LogP contribution < -0.4 is 10.5 Å². The Bertz CT molecular complexity index is 263. The van der Waals surface area contributed by atoms with Gasteiger partial charge in [-0.1, -0.05) is 23.7 Å². The summed E-state index contributed by atoms with van der Waals surface area (Å²) in [5.41, 5.74) is 6.46. The molecule has 0 aliphatic carbocycles. The Kier molecular flexibility index (Phi) is 3.38. The number of para-hydroxylation sites is 1. The average Bonchev–Trinajstić information content (AvgIpc) is 2.09. The minimum Gasteiger partial charge on any atom is -0.492 e. The highest BCUT2D eigenvalue weighted by molar-refractivity contribution is 6.32. The summed E-state index contributed by atoms with van der Waals surface area (Å²) < 4.78 is 5.35. The van der Waals surface area contributed by atoms with Crippen LogP contribution in [-0.2, 0) is 6.54 Å². The van der Waals surface area contributed by atoms with Gasteiger partial charge in [0.1, 0.15) is 5.75 Å². The van der Waals surface area contributed by atoms with Crippen LogP contribution >= 0.6 is 11.6 Å². The minimum atomic E-state index is 0.454. The van der Waals surface area contributed by atoms with E-state index < -0.39 is 0 Å². The third kappa shape index (κ3) is 1.90. The highest BCUT2D eigenvalue weighted by Gasteiger charge is 2.05. The van der Waals surface area contributed by atoms with E-state index in [1.165, 1.54) is 0 Å². The molecule has 0 aliphatic heterocycles. The van der Waals surface area contributed by atoms with Gasteiger partial charge in [-0.05, 0) is 13.0 Å². The molecule has 3 heteroatoms. The highest BCUT2D eigenvalue weighted by atomic mass is 35.5.